The van der Waals surface area contributed by atoms with Crippen LogP contribution in [0.1, 0.15) is 30.7 Å². The predicted octanol–water partition coefficient (Wildman–Crippen LogP) is 2.83. The Morgan fingerprint density at radius 3 is 2.26 bits per heavy atom. The summed E-state index contributed by atoms with van der Waals surface area (Å²) in [5.41, 5.74) is 3.14. The minimum absolute atomic E-state index is 0.00649. The third-order valence-corrected chi connectivity index (χ3v) is 5.66. The van der Waals surface area contributed by atoms with Gasteiger partial charge in [-0.05, 0) is 47.6 Å². The number of carbonyl (C=O) groups excluding carboxylic acids is 1. The minimum atomic E-state index is -0.242. The number of rotatable bonds is 7. The van der Waals surface area contributed by atoms with Crippen LogP contribution in [0.5, 0.6) is 0 Å². The van der Waals surface area contributed by atoms with Crippen molar-refractivity contribution in [3.63, 3.8) is 0 Å². The molecule has 1 saturated heterocycles. The molecule has 4 nitrogen and oxygen atoms in total. The van der Waals surface area contributed by atoms with Crippen molar-refractivity contribution in [1.29, 1.82) is 0 Å². The molecule has 27 heavy (non-hydrogen) atoms. The number of carbonyl (C=O) groups is 1. The Hall–Kier alpha value is -2.24. The first kappa shape index (κ1) is 18.1. The molecular formula is C22H25FN2O2. The van der Waals surface area contributed by atoms with E-state index in [1.54, 1.807) is 12.1 Å². The fourth-order valence-corrected chi connectivity index (χ4v) is 3.88. The molecule has 3 atom stereocenters. The van der Waals surface area contributed by atoms with Crippen molar-refractivity contribution in [3.8, 4) is 11.1 Å². The van der Waals surface area contributed by atoms with Gasteiger partial charge in [0.15, 0.2) is 0 Å². The lowest BCUT2D eigenvalue weighted by Gasteiger charge is -2.46. The van der Waals surface area contributed by atoms with E-state index in [-0.39, 0.29) is 36.3 Å². The summed E-state index contributed by atoms with van der Waals surface area (Å²) in [5, 5.41) is 16.0. The van der Waals surface area contributed by atoms with Crippen LogP contribution in [0.25, 0.3) is 11.1 Å². The molecule has 3 N–H and O–H groups in total. The molecule has 2 aromatic carbocycles. The van der Waals surface area contributed by atoms with E-state index in [9.17, 15) is 14.3 Å². The molecule has 0 radical (unpaired) electrons. The lowest BCUT2D eigenvalue weighted by atomic mass is 9.77. The van der Waals surface area contributed by atoms with Gasteiger partial charge < -0.3 is 15.7 Å². The van der Waals surface area contributed by atoms with E-state index in [1.165, 1.54) is 25.0 Å². The number of aliphatic hydroxyl groups is 1. The number of aliphatic hydroxyl groups excluding tert-OH is 1. The highest BCUT2D eigenvalue weighted by atomic mass is 19.1. The first-order valence-corrected chi connectivity index (χ1v) is 9.63. The Morgan fingerprint density at radius 1 is 1.04 bits per heavy atom. The van der Waals surface area contributed by atoms with Gasteiger partial charge >= 0.3 is 0 Å². The SMILES string of the molecule is O=C(CC1CC1)NC[C@H]1N[C@H](CO)[C@@H]1c1ccc(-c2ccc(F)cc2)cc1. The van der Waals surface area contributed by atoms with Gasteiger partial charge in [-0.2, -0.15) is 0 Å². The zero-order valence-corrected chi connectivity index (χ0v) is 15.2. The molecule has 2 aliphatic rings. The minimum Gasteiger partial charge on any atom is -0.395 e. The largest absolute Gasteiger partial charge is 0.395 e. The van der Waals surface area contributed by atoms with Crippen molar-refractivity contribution in [3.05, 3.63) is 59.9 Å². The van der Waals surface area contributed by atoms with Crippen LogP contribution in [-0.2, 0) is 4.79 Å². The molecule has 0 aromatic heterocycles. The van der Waals surface area contributed by atoms with Gasteiger partial charge in [0.05, 0.1) is 6.61 Å². The molecular weight excluding hydrogens is 343 g/mol. The van der Waals surface area contributed by atoms with Crippen LogP contribution in [0.2, 0.25) is 0 Å². The van der Waals surface area contributed by atoms with Crippen LogP contribution in [0.3, 0.4) is 0 Å². The summed E-state index contributed by atoms with van der Waals surface area (Å²) in [4.78, 5) is 11.9. The summed E-state index contributed by atoms with van der Waals surface area (Å²) in [6, 6.07) is 14.8. The van der Waals surface area contributed by atoms with E-state index in [4.69, 9.17) is 0 Å². The zero-order chi connectivity index (χ0) is 18.8. The second kappa shape index (κ2) is 7.79. The summed E-state index contributed by atoms with van der Waals surface area (Å²) in [7, 11) is 0. The van der Waals surface area contributed by atoms with Crippen LogP contribution in [0.4, 0.5) is 4.39 Å². The second-order valence-corrected chi connectivity index (χ2v) is 7.67. The van der Waals surface area contributed by atoms with E-state index in [0.717, 1.165) is 16.7 Å². The first-order valence-electron chi connectivity index (χ1n) is 9.63. The molecule has 2 fully saturated rings. The topological polar surface area (TPSA) is 61.4 Å². The summed E-state index contributed by atoms with van der Waals surface area (Å²) in [6.07, 6.45) is 2.97. The third-order valence-electron chi connectivity index (χ3n) is 5.66. The van der Waals surface area contributed by atoms with Gasteiger partial charge in [0.2, 0.25) is 5.91 Å². The number of nitrogens with one attached hydrogen (secondary N) is 2. The molecule has 2 aromatic rings. The van der Waals surface area contributed by atoms with Crippen molar-refractivity contribution in [2.24, 2.45) is 5.92 Å². The molecule has 5 heteroatoms. The molecule has 1 aliphatic heterocycles. The molecule has 4 rings (SSSR count). The van der Waals surface area contributed by atoms with E-state index in [1.807, 2.05) is 12.1 Å². The van der Waals surface area contributed by atoms with Gasteiger partial charge in [-0.1, -0.05) is 36.4 Å². The smallest absolute Gasteiger partial charge is 0.220 e. The molecule has 1 saturated carbocycles. The van der Waals surface area contributed by atoms with Crippen LogP contribution in [0, 0.1) is 11.7 Å². The van der Waals surface area contributed by atoms with Crippen molar-refractivity contribution in [2.75, 3.05) is 13.2 Å². The summed E-state index contributed by atoms with van der Waals surface area (Å²) >= 11 is 0. The molecule has 1 aliphatic carbocycles. The highest BCUT2D eigenvalue weighted by Crippen LogP contribution is 2.34. The summed E-state index contributed by atoms with van der Waals surface area (Å²) in [6.45, 7) is 0.642. The highest BCUT2D eigenvalue weighted by molar-refractivity contribution is 5.76. The normalized spacial score (nSPS) is 24.3. The summed E-state index contributed by atoms with van der Waals surface area (Å²) in [5.74, 6) is 0.628. The van der Waals surface area contributed by atoms with E-state index >= 15 is 0 Å². The number of halogens is 1. The van der Waals surface area contributed by atoms with Gasteiger partial charge in [0.1, 0.15) is 5.82 Å². The number of amides is 1. The average Bonchev–Trinajstić information content (AvgIpc) is 3.46. The van der Waals surface area contributed by atoms with E-state index in [2.05, 4.69) is 22.8 Å². The molecule has 0 spiro atoms. The number of hydrogen-bond acceptors (Lipinski definition) is 3. The van der Waals surface area contributed by atoms with E-state index < -0.39 is 0 Å². The molecule has 0 bridgehead atoms. The van der Waals surface area contributed by atoms with Gasteiger partial charge in [-0.25, -0.2) is 4.39 Å². The van der Waals surface area contributed by atoms with Gasteiger partial charge in [-0.3, -0.25) is 4.79 Å². The Bertz CT molecular complexity index is 787. The Balaban J connectivity index is 1.41. The van der Waals surface area contributed by atoms with Crippen LogP contribution < -0.4 is 10.6 Å². The number of benzene rings is 2. The lowest BCUT2D eigenvalue weighted by molar-refractivity contribution is -0.121. The first-order chi connectivity index (χ1) is 13.1. The summed E-state index contributed by atoms with van der Waals surface area (Å²) < 4.78 is 13.1. The number of hydrogen-bond donors (Lipinski definition) is 3. The molecule has 0 unspecified atom stereocenters. The lowest BCUT2D eigenvalue weighted by Crippen LogP contribution is -2.64. The standard InChI is InChI=1S/C22H25FN2O2/c23-18-9-7-16(8-10-18)15-3-5-17(6-4-15)22-19(25-20(22)13-26)12-24-21(27)11-14-1-2-14/h3-10,14,19-20,22,25-26H,1-2,11-13H2,(H,24,27)/t19-,20-,22-/m1/s1. The van der Waals surface area contributed by atoms with Crippen molar-refractivity contribution in [1.82, 2.24) is 10.6 Å². The average molecular weight is 368 g/mol. The maximum absolute atomic E-state index is 13.1. The van der Waals surface area contributed by atoms with Crippen LogP contribution >= 0.6 is 0 Å². The zero-order valence-electron chi connectivity index (χ0n) is 15.2. The van der Waals surface area contributed by atoms with Crippen LogP contribution in [-0.4, -0.2) is 36.2 Å². The molecule has 1 amide bonds. The fraction of sp³-hybridized carbons (Fsp3) is 0.409. The van der Waals surface area contributed by atoms with Crippen molar-refractivity contribution < 1.29 is 14.3 Å². The predicted molar refractivity (Wildman–Crippen MR) is 103 cm³/mol. The highest BCUT2D eigenvalue weighted by Gasteiger charge is 2.41. The maximum atomic E-state index is 13.1. The van der Waals surface area contributed by atoms with Gasteiger partial charge in [0.25, 0.3) is 0 Å². The van der Waals surface area contributed by atoms with Crippen molar-refractivity contribution in [2.45, 2.75) is 37.3 Å². The Morgan fingerprint density at radius 2 is 1.67 bits per heavy atom. The monoisotopic (exact) mass is 368 g/mol. The van der Waals surface area contributed by atoms with Crippen molar-refractivity contribution >= 4 is 5.91 Å². The maximum Gasteiger partial charge on any atom is 0.220 e. The fourth-order valence-electron chi connectivity index (χ4n) is 3.88. The third kappa shape index (κ3) is 4.20. The quantitative estimate of drug-likeness (QED) is 0.704. The van der Waals surface area contributed by atoms with E-state index in [0.29, 0.717) is 18.9 Å². The Kier molecular flexibility index (Phi) is 5.23. The molecule has 142 valence electrons. The van der Waals surface area contributed by atoms with Crippen LogP contribution in [0.15, 0.2) is 48.5 Å². The Labute approximate surface area is 158 Å². The molecule has 1 heterocycles. The van der Waals surface area contributed by atoms with Gasteiger partial charge in [0, 0.05) is 31.0 Å². The second-order valence-electron chi connectivity index (χ2n) is 7.67. The van der Waals surface area contributed by atoms with Gasteiger partial charge in [-0.15, -0.1) is 0 Å².